The van der Waals surface area contributed by atoms with Gasteiger partial charge in [-0.1, -0.05) is 0 Å². The molecule has 8 heavy (non-hydrogen) atoms. The Morgan fingerprint density at radius 2 is 2.38 bits per heavy atom. The molecule has 0 aromatic heterocycles. The quantitative estimate of drug-likeness (QED) is 0.506. The van der Waals surface area contributed by atoms with Crippen molar-refractivity contribution >= 4 is 31.7 Å². The molecule has 0 saturated heterocycles. The Morgan fingerprint density at radius 1 is 1.88 bits per heavy atom. The minimum absolute atomic E-state index is 0.0856. The molecule has 0 atom stereocenters. The van der Waals surface area contributed by atoms with Crippen LogP contribution in [0.3, 0.4) is 0 Å². The summed E-state index contributed by atoms with van der Waals surface area (Å²) in [7, 11) is 1.46. The van der Waals surface area contributed by atoms with Crippen molar-refractivity contribution in [1.29, 1.82) is 0 Å². The molecule has 4 heteroatoms. The Bertz CT molecular complexity index is 88.1. The normalized spacial score (nSPS) is 8.88. The third-order valence-corrected chi connectivity index (χ3v) is 2.14. The van der Waals surface area contributed by atoms with E-state index in [2.05, 4.69) is 0 Å². The zero-order valence-corrected chi connectivity index (χ0v) is 9.21. The molecule has 0 saturated carbocycles. The van der Waals surface area contributed by atoms with Crippen LogP contribution >= 0.6 is 0 Å². The molecule has 46 valence electrons. The third-order valence-electron chi connectivity index (χ3n) is 0.780. The number of alkyl halides is 1. The van der Waals surface area contributed by atoms with Gasteiger partial charge in [-0.2, -0.15) is 0 Å². The Hall–Kier alpha value is 0.322. The van der Waals surface area contributed by atoms with Crippen LogP contribution in [0.2, 0.25) is 3.98 Å². The average molecular weight is 312 g/mol. The van der Waals surface area contributed by atoms with Crippen molar-refractivity contribution in [2.24, 2.45) is 0 Å². The van der Waals surface area contributed by atoms with Crippen molar-refractivity contribution in [3.05, 3.63) is 0 Å². The first-order chi connectivity index (χ1) is 3.72. The van der Waals surface area contributed by atoms with Crippen LogP contribution in [0.5, 0.6) is 0 Å². The van der Waals surface area contributed by atoms with E-state index in [-0.39, 0.29) is 5.91 Å². The predicted molar refractivity (Wildman–Crippen MR) is 30.7 cm³/mol. The summed E-state index contributed by atoms with van der Waals surface area (Å²) >= 11 is 0.640. The SMILES string of the molecule is CN(CF)C(=O)[CH2][PbH]. The molecule has 0 unspecified atom stereocenters. The summed E-state index contributed by atoms with van der Waals surface area (Å²) in [6, 6.07) is 0. The van der Waals surface area contributed by atoms with E-state index in [0.29, 0.717) is 29.7 Å². The van der Waals surface area contributed by atoms with E-state index in [1.54, 1.807) is 0 Å². The van der Waals surface area contributed by atoms with Crippen LogP contribution in [-0.4, -0.2) is 50.4 Å². The molecule has 0 N–H and O–H groups in total. The average Bonchev–Trinajstić information content (AvgIpc) is 1.84. The molecule has 2 nitrogen and oxygen atoms in total. The van der Waals surface area contributed by atoms with Crippen molar-refractivity contribution in [1.82, 2.24) is 4.90 Å². The molecule has 1 amide bonds. The first-order valence-corrected chi connectivity index (χ1v) is 5.39. The fourth-order valence-electron chi connectivity index (χ4n) is 0.222. The number of hydrogen-bond donors (Lipinski definition) is 0. The Morgan fingerprint density at radius 3 is 2.50 bits per heavy atom. The van der Waals surface area contributed by atoms with Gasteiger partial charge in [0, 0.05) is 0 Å². The van der Waals surface area contributed by atoms with E-state index in [1.807, 2.05) is 0 Å². The monoisotopic (exact) mass is 313 g/mol. The first kappa shape index (κ1) is 8.32. The van der Waals surface area contributed by atoms with Gasteiger partial charge in [0.2, 0.25) is 0 Å². The van der Waals surface area contributed by atoms with E-state index in [1.165, 1.54) is 7.05 Å². The summed E-state index contributed by atoms with van der Waals surface area (Å²) in [5.41, 5.74) is 0. The van der Waals surface area contributed by atoms with E-state index < -0.39 is 6.80 Å². The molecule has 0 aromatic carbocycles. The number of amides is 1. The summed E-state index contributed by atoms with van der Waals surface area (Å²) in [5, 5.41) is 0. The Balaban J connectivity index is 3.46. The van der Waals surface area contributed by atoms with Crippen LogP contribution < -0.4 is 0 Å². The fourth-order valence-corrected chi connectivity index (χ4v) is 1.43. The molecular weight excluding hydrogens is 304 g/mol. The van der Waals surface area contributed by atoms with Gasteiger partial charge in [-0.3, -0.25) is 0 Å². The molecule has 0 fully saturated rings. The summed E-state index contributed by atoms with van der Waals surface area (Å²) in [6.45, 7) is -0.661. The van der Waals surface area contributed by atoms with Crippen molar-refractivity contribution in [3.8, 4) is 0 Å². The van der Waals surface area contributed by atoms with Gasteiger partial charge in [-0.15, -0.1) is 0 Å². The first-order valence-electron chi connectivity index (χ1n) is 2.22. The summed E-state index contributed by atoms with van der Waals surface area (Å²) in [5.74, 6) is -0.0856. The van der Waals surface area contributed by atoms with E-state index >= 15 is 0 Å². The van der Waals surface area contributed by atoms with Gasteiger partial charge < -0.3 is 0 Å². The molecule has 0 rings (SSSR count). The van der Waals surface area contributed by atoms with Gasteiger partial charge in [-0.05, 0) is 0 Å². The fraction of sp³-hybridized carbons (Fsp3) is 0.750. The zero-order valence-electron chi connectivity index (χ0n) is 4.72. The van der Waals surface area contributed by atoms with Crippen molar-refractivity contribution in [3.63, 3.8) is 0 Å². The Labute approximate surface area is 63.7 Å². The number of hydrogen-bond acceptors (Lipinski definition) is 1. The van der Waals surface area contributed by atoms with Gasteiger partial charge in [0.1, 0.15) is 0 Å². The standard InChI is InChI=1S/C4H7FNO.Pb.H/c1-4(7)6(2)3-5;;/h1,3H2,2H3;;. The predicted octanol–water partition coefficient (Wildman–Crippen LogP) is -0.309. The topological polar surface area (TPSA) is 20.3 Å². The van der Waals surface area contributed by atoms with Crippen molar-refractivity contribution in [2.75, 3.05) is 13.8 Å². The van der Waals surface area contributed by atoms with Gasteiger partial charge in [0.25, 0.3) is 0 Å². The van der Waals surface area contributed by atoms with Crippen LogP contribution in [0.15, 0.2) is 0 Å². The van der Waals surface area contributed by atoms with Crippen LogP contribution in [0, 0.1) is 0 Å². The molecule has 0 aliphatic heterocycles. The maximum absolute atomic E-state index is 11.5. The van der Waals surface area contributed by atoms with Gasteiger partial charge in [0.15, 0.2) is 0 Å². The number of halogens is 1. The molecule has 0 heterocycles. The van der Waals surface area contributed by atoms with Gasteiger partial charge in [0.05, 0.1) is 0 Å². The van der Waals surface area contributed by atoms with Crippen LogP contribution in [0.25, 0.3) is 0 Å². The minimum atomic E-state index is -0.661. The van der Waals surface area contributed by atoms with Crippen molar-refractivity contribution < 1.29 is 9.18 Å². The second kappa shape index (κ2) is 4.23. The number of nitrogens with zero attached hydrogens (tertiary/aromatic N) is 1. The van der Waals surface area contributed by atoms with Gasteiger partial charge in [-0.25, -0.2) is 0 Å². The van der Waals surface area contributed by atoms with Crippen LogP contribution in [0.1, 0.15) is 0 Å². The molecule has 2 radical (unpaired) electrons. The molecular formula is C4H8FNOPb. The molecule has 0 aromatic rings. The second-order valence-electron chi connectivity index (χ2n) is 1.42. The van der Waals surface area contributed by atoms with Crippen LogP contribution in [0.4, 0.5) is 4.39 Å². The number of carbonyl (C=O) groups is 1. The van der Waals surface area contributed by atoms with Crippen LogP contribution in [-0.2, 0) is 4.79 Å². The molecule has 0 aliphatic rings. The summed E-state index contributed by atoms with van der Waals surface area (Å²) in [4.78, 5) is 11.6. The number of carbonyl (C=O) groups excluding carboxylic acids is 1. The molecule has 0 aliphatic carbocycles. The zero-order chi connectivity index (χ0) is 6.57. The third kappa shape index (κ3) is 2.59. The Kier molecular flexibility index (Phi) is 4.40. The van der Waals surface area contributed by atoms with E-state index in [0.717, 1.165) is 4.90 Å². The maximum atomic E-state index is 11.5. The molecule has 0 spiro atoms. The molecule has 0 bridgehead atoms. The summed E-state index contributed by atoms with van der Waals surface area (Å²) < 4.78 is 12.1. The van der Waals surface area contributed by atoms with E-state index in [4.69, 9.17) is 0 Å². The van der Waals surface area contributed by atoms with E-state index in [9.17, 15) is 9.18 Å². The summed E-state index contributed by atoms with van der Waals surface area (Å²) in [6.07, 6.45) is 0. The second-order valence-corrected chi connectivity index (χ2v) is 3.00. The van der Waals surface area contributed by atoms with Crippen molar-refractivity contribution in [2.45, 2.75) is 3.98 Å². The van der Waals surface area contributed by atoms with Gasteiger partial charge >= 0.3 is 63.6 Å². The number of rotatable bonds is 2.